The molecular formula is C28H27NO5. The molecule has 0 aliphatic heterocycles. The normalized spacial score (nSPS) is 10.8. The van der Waals surface area contributed by atoms with Crippen molar-refractivity contribution in [1.29, 1.82) is 0 Å². The summed E-state index contributed by atoms with van der Waals surface area (Å²) in [6.45, 7) is 4.37. The fourth-order valence-corrected chi connectivity index (χ4v) is 3.98. The van der Waals surface area contributed by atoms with Gasteiger partial charge in [-0.3, -0.25) is 0 Å². The van der Waals surface area contributed by atoms with Crippen LogP contribution in [0.15, 0.2) is 66.7 Å². The van der Waals surface area contributed by atoms with Gasteiger partial charge in [0.2, 0.25) is 0 Å². The molecule has 4 aromatic rings. The van der Waals surface area contributed by atoms with Crippen LogP contribution in [0, 0.1) is 6.92 Å². The number of ether oxygens (including phenoxy) is 3. The molecule has 0 saturated heterocycles. The maximum absolute atomic E-state index is 11.7. The van der Waals surface area contributed by atoms with E-state index in [9.17, 15) is 9.90 Å². The molecule has 1 aromatic heterocycles. The van der Waals surface area contributed by atoms with E-state index in [1.54, 1.807) is 13.0 Å². The minimum atomic E-state index is -1.01. The van der Waals surface area contributed by atoms with E-state index in [0.717, 1.165) is 33.5 Å². The number of fused-ring (bicyclic) bond motifs is 1. The van der Waals surface area contributed by atoms with Gasteiger partial charge >= 0.3 is 5.97 Å². The molecule has 3 aromatic carbocycles. The predicted molar refractivity (Wildman–Crippen MR) is 131 cm³/mol. The fourth-order valence-electron chi connectivity index (χ4n) is 3.98. The van der Waals surface area contributed by atoms with E-state index in [4.69, 9.17) is 14.2 Å². The van der Waals surface area contributed by atoms with Crippen molar-refractivity contribution >= 4 is 16.9 Å². The van der Waals surface area contributed by atoms with Gasteiger partial charge in [0.25, 0.3) is 0 Å². The van der Waals surface area contributed by atoms with Crippen molar-refractivity contribution in [1.82, 2.24) is 4.98 Å². The van der Waals surface area contributed by atoms with E-state index >= 15 is 0 Å². The molecule has 0 radical (unpaired) electrons. The number of aryl methyl sites for hydroxylation is 1. The smallest absolute Gasteiger partial charge is 0.339 e. The molecule has 0 amide bonds. The number of pyridine rings is 1. The molecule has 0 unspecified atom stereocenters. The van der Waals surface area contributed by atoms with Crippen LogP contribution in [0.25, 0.3) is 10.9 Å². The molecule has 0 aliphatic carbocycles. The lowest BCUT2D eigenvalue weighted by atomic mass is 10.00. The number of nitrogens with zero attached hydrogens (tertiary/aromatic N) is 1. The number of carbonyl (C=O) groups is 1. The number of carboxylic acids is 1. The molecular weight excluding hydrogens is 430 g/mol. The number of aromatic carboxylic acids is 1. The SMILES string of the molecule is CCc1c(OCc2cccc(OCc3ccc4ccccc4n3)c2)cc(C)c(C(=O)O)c1OC. The molecule has 1 heterocycles. The number of para-hydroxylation sites is 1. The van der Waals surface area contributed by atoms with Crippen molar-refractivity contribution in [2.75, 3.05) is 7.11 Å². The Morgan fingerprint density at radius 3 is 2.56 bits per heavy atom. The van der Waals surface area contributed by atoms with Crippen LogP contribution >= 0.6 is 0 Å². The standard InChI is InChI=1S/C28H27NO5/c1-4-23-25(14-18(2)26(28(30)31)27(23)32-3)34-16-19-8-7-10-22(15-19)33-17-21-13-12-20-9-5-6-11-24(20)29-21/h5-15H,4,16-17H2,1-3H3,(H,30,31). The Morgan fingerprint density at radius 1 is 0.971 bits per heavy atom. The van der Waals surface area contributed by atoms with Gasteiger partial charge in [0, 0.05) is 10.9 Å². The average Bonchev–Trinajstić information content (AvgIpc) is 2.85. The Bertz CT molecular complexity index is 1330. The molecule has 0 fully saturated rings. The largest absolute Gasteiger partial charge is 0.495 e. The first kappa shape index (κ1) is 23.1. The van der Waals surface area contributed by atoms with Crippen LogP contribution < -0.4 is 14.2 Å². The molecule has 174 valence electrons. The van der Waals surface area contributed by atoms with Crippen LogP contribution in [-0.2, 0) is 19.6 Å². The molecule has 6 nitrogen and oxygen atoms in total. The molecule has 0 saturated carbocycles. The van der Waals surface area contributed by atoms with Crippen molar-refractivity contribution in [2.24, 2.45) is 0 Å². The Labute approximate surface area is 198 Å². The van der Waals surface area contributed by atoms with Crippen molar-refractivity contribution < 1.29 is 24.1 Å². The van der Waals surface area contributed by atoms with Crippen LogP contribution in [0.4, 0.5) is 0 Å². The van der Waals surface area contributed by atoms with Gasteiger partial charge in [0.05, 0.1) is 18.3 Å². The Balaban J connectivity index is 1.47. The van der Waals surface area contributed by atoms with Crippen molar-refractivity contribution in [2.45, 2.75) is 33.5 Å². The summed E-state index contributed by atoms with van der Waals surface area (Å²) in [6, 6.07) is 21.5. The number of hydrogen-bond donors (Lipinski definition) is 1. The van der Waals surface area contributed by atoms with E-state index in [-0.39, 0.29) is 5.56 Å². The number of aromatic nitrogens is 1. The highest BCUT2D eigenvalue weighted by atomic mass is 16.5. The summed E-state index contributed by atoms with van der Waals surface area (Å²) < 4.78 is 17.5. The number of benzene rings is 3. The Kier molecular flexibility index (Phi) is 6.97. The topological polar surface area (TPSA) is 77.9 Å². The fraction of sp³-hybridized carbons (Fsp3) is 0.214. The van der Waals surface area contributed by atoms with E-state index in [0.29, 0.717) is 36.7 Å². The van der Waals surface area contributed by atoms with Crippen LogP contribution in [0.5, 0.6) is 17.2 Å². The molecule has 0 spiro atoms. The number of rotatable bonds is 9. The van der Waals surface area contributed by atoms with Crippen LogP contribution in [0.1, 0.15) is 39.7 Å². The first-order valence-corrected chi connectivity index (χ1v) is 11.1. The minimum Gasteiger partial charge on any atom is -0.495 e. The maximum atomic E-state index is 11.7. The van der Waals surface area contributed by atoms with Gasteiger partial charge in [0.1, 0.15) is 36.0 Å². The van der Waals surface area contributed by atoms with E-state index in [1.807, 2.05) is 67.6 Å². The first-order chi connectivity index (χ1) is 16.5. The molecule has 6 heteroatoms. The zero-order valence-corrected chi connectivity index (χ0v) is 19.5. The Morgan fingerprint density at radius 2 is 1.79 bits per heavy atom. The average molecular weight is 458 g/mol. The van der Waals surface area contributed by atoms with Gasteiger partial charge < -0.3 is 19.3 Å². The summed E-state index contributed by atoms with van der Waals surface area (Å²) in [5.41, 5.74) is 4.23. The summed E-state index contributed by atoms with van der Waals surface area (Å²) >= 11 is 0. The van der Waals surface area contributed by atoms with Gasteiger partial charge in [-0.15, -0.1) is 0 Å². The maximum Gasteiger partial charge on any atom is 0.339 e. The lowest BCUT2D eigenvalue weighted by Crippen LogP contribution is -2.08. The summed E-state index contributed by atoms with van der Waals surface area (Å²) in [5, 5.41) is 10.7. The molecule has 4 rings (SSSR count). The number of carboxylic acid groups (broad SMARTS) is 1. The van der Waals surface area contributed by atoms with Crippen LogP contribution in [0.3, 0.4) is 0 Å². The quantitative estimate of drug-likeness (QED) is 0.334. The van der Waals surface area contributed by atoms with Gasteiger partial charge in [0.15, 0.2) is 0 Å². The van der Waals surface area contributed by atoms with Gasteiger partial charge in [-0.25, -0.2) is 9.78 Å². The molecule has 0 aliphatic rings. The van der Waals surface area contributed by atoms with Crippen molar-refractivity contribution in [3.05, 3.63) is 94.7 Å². The van der Waals surface area contributed by atoms with Crippen LogP contribution in [0.2, 0.25) is 0 Å². The van der Waals surface area contributed by atoms with Crippen molar-refractivity contribution in [3.63, 3.8) is 0 Å². The predicted octanol–water partition coefficient (Wildman–Crippen LogP) is 5.97. The highest BCUT2D eigenvalue weighted by Gasteiger charge is 2.21. The third-order valence-electron chi connectivity index (χ3n) is 5.65. The second-order valence-electron chi connectivity index (χ2n) is 7.96. The van der Waals surface area contributed by atoms with Gasteiger partial charge in [-0.2, -0.15) is 0 Å². The van der Waals surface area contributed by atoms with Gasteiger partial charge in [-0.05, 0) is 54.8 Å². The lowest BCUT2D eigenvalue weighted by Gasteiger charge is -2.18. The number of hydrogen-bond acceptors (Lipinski definition) is 5. The third-order valence-corrected chi connectivity index (χ3v) is 5.65. The zero-order valence-electron chi connectivity index (χ0n) is 19.5. The minimum absolute atomic E-state index is 0.171. The Hall–Kier alpha value is -4.06. The summed E-state index contributed by atoms with van der Waals surface area (Å²) in [5.74, 6) is 0.682. The van der Waals surface area contributed by atoms with E-state index in [1.165, 1.54) is 7.11 Å². The summed E-state index contributed by atoms with van der Waals surface area (Å²) in [7, 11) is 1.48. The van der Waals surface area contributed by atoms with E-state index < -0.39 is 5.97 Å². The van der Waals surface area contributed by atoms with E-state index in [2.05, 4.69) is 4.98 Å². The van der Waals surface area contributed by atoms with Crippen LogP contribution in [-0.4, -0.2) is 23.2 Å². The van der Waals surface area contributed by atoms with Crippen molar-refractivity contribution in [3.8, 4) is 17.2 Å². The third kappa shape index (κ3) is 4.96. The lowest BCUT2D eigenvalue weighted by molar-refractivity contribution is 0.0692. The molecule has 0 bridgehead atoms. The molecule has 1 N–H and O–H groups in total. The second kappa shape index (κ2) is 10.3. The first-order valence-electron chi connectivity index (χ1n) is 11.1. The zero-order chi connectivity index (χ0) is 24.1. The molecule has 34 heavy (non-hydrogen) atoms. The highest BCUT2D eigenvalue weighted by Crippen LogP contribution is 2.36. The van der Waals surface area contributed by atoms with Gasteiger partial charge in [-0.1, -0.05) is 43.3 Å². The number of methoxy groups -OCH3 is 1. The summed E-state index contributed by atoms with van der Waals surface area (Å²) in [4.78, 5) is 16.3. The molecule has 0 atom stereocenters. The summed E-state index contributed by atoms with van der Waals surface area (Å²) in [6.07, 6.45) is 0.584. The monoisotopic (exact) mass is 457 g/mol. The highest BCUT2D eigenvalue weighted by molar-refractivity contribution is 5.93. The second-order valence-corrected chi connectivity index (χ2v) is 7.96.